The molecule has 0 saturated carbocycles. The third-order valence-corrected chi connectivity index (χ3v) is 4.74. The quantitative estimate of drug-likeness (QED) is 0.887. The highest BCUT2D eigenvalue weighted by molar-refractivity contribution is 9.10. The smallest absolute Gasteiger partial charge is 0.137 e. The zero-order valence-corrected chi connectivity index (χ0v) is 14.4. The van der Waals surface area contributed by atoms with Gasteiger partial charge in [0.2, 0.25) is 0 Å². The van der Waals surface area contributed by atoms with Crippen LogP contribution in [-0.2, 0) is 13.0 Å². The number of aromatic nitrogens is 2. The fourth-order valence-electron chi connectivity index (χ4n) is 2.02. The molecule has 0 saturated heterocycles. The summed E-state index contributed by atoms with van der Waals surface area (Å²) in [5.74, 6) is 2.33. The van der Waals surface area contributed by atoms with E-state index in [2.05, 4.69) is 49.2 Å². The van der Waals surface area contributed by atoms with Gasteiger partial charge in [0.1, 0.15) is 17.5 Å². The number of nitrogen functional groups attached to an aromatic ring is 1. The Balaban J connectivity index is 2.25. The first-order valence-electron chi connectivity index (χ1n) is 6.58. The summed E-state index contributed by atoms with van der Waals surface area (Å²) < 4.78 is 1.12. The minimum absolute atomic E-state index is 0.581. The summed E-state index contributed by atoms with van der Waals surface area (Å²) in [4.78, 5) is 12.4. The van der Waals surface area contributed by atoms with Crippen LogP contribution >= 0.6 is 27.3 Å². The van der Waals surface area contributed by atoms with Gasteiger partial charge in [0.05, 0.1) is 6.54 Å². The van der Waals surface area contributed by atoms with Crippen LogP contribution in [0.2, 0.25) is 0 Å². The predicted octanol–water partition coefficient (Wildman–Crippen LogP) is 3.78. The van der Waals surface area contributed by atoms with E-state index in [0.29, 0.717) is 5.82 Å². The van der Waals surface area contributed by atoms with Crippen molar-refractivity contribution in [3.63, 3.8) is 0 Å². The van der Waals surface area contributed by atoms with Gasteiger partial charge in [-0.1, -0.05) is 6.92 Å². The first kappa shape index (κ1) is 15.3. The molecule has 0 spiro atoms. The van der Waals surface area contributed by atoms with Crippen LogP contribution in [0.5, 0.6) is 0 Å². The highest BCUT2D eigenvalue weighted by Gasteiger charge is 2.13. The van der Waals surface area contributed by atoms with Gasteiger partial charge in [-0.2, -0.15) is 0 Å². The second-order valence-corrected chi connectivity index (χ2v) is 6.72. The minimum Gasteiger partial charge on any atom is -0.383 e. The maximum atomic E-state index is 6.00. The van der Waals surface area contributed by atoms with Crippen molar-refractivity contribution in [1.82, 2.24) is 9.97 Å². The molecule has 0 fully saturated rings. The molecule has 2 heterocycles. The molecule has 0 aliphatic rings. The number of hydrogen-bond donors (Lipinski definition) is 1. The summed E-state index contributed by atoms with van der Waals surface area (Å²) in [7, 11) is 2.04. The number of rotatable bonds is 5. The Kier molecular flexibility index (Phi) is 4.99. The molecule has 108 valence electrons. The Morgan fingerprint density at radius 2 is 2.15 bits per heavy atom. The number of halogens is 1. The van der Waals surface area contributed by atoms with Crippen LogP contribution in [0.3, 0.4) is 0 Å². The molecule has 2 aromatic heterocycles. The van der Waals surface area contributed by atoms with Crippen LogP contribution in [0.15, 0.2) is 15.9 Å². The van der Waals surface area contributed by atoms with E-state index >= 15 is 0 Å². The van der Waals surface area contributed by atoms with Crippen LogP contribution < -0.4 is 10.6 Å². The molecule has 0 atom stereocenters. The van der Waals surface area contributed by atoms with E-state index in [1.807, 2.05) is 14.0 Å². The SMILES string of the molecule is CCCc1nc(N)c(C)c(N(C)Cc2cc(Br)cs2)n1. The maximum absolute atomic E-state index is 6.00. The maximum Gasteiger partial charge on any atom is 0.137 e. The predicted molar refractivity (Wildman–Crippen MR) is 89.3 cm³/mol. The third-order valence-electron chi connectivity index (χ3n) is 3.05. The van der Waals surface area contributed by atoms with Crippen molar-refractivity contribution in [3.8, 4) is 0 Å². The monoisotopic (exact) mass is 354 g/mol. The van der Waals surface area contributed by atoms with Gasteiger partial charge in [-0.15, -0.1) is 11.3 Å². The van der Waals surface area contributed by atoms with E-state index < -0.39 is 0 Å². The van der Waals surface area contributed by atoms with Gasteiger partial charge in [-0.25, -0.2) is 9.97 Å². The van der Waals surface area contributed by atoms with Crippen LogP contribution in [0.4, 0.5) is 11.6 Å². The second kappa shape index (κ2) is 6.54. The van der Waals surface area contributed by atoms with Crippen molar-refractivity contribution >= 4 is 38.9 Å². The molecule has 0 aliphatic carbocycles. The molecular weight excluding hydrogens is 336 g/mol. The van der Waals surface area contributed by atoms with Crippen LogP contribution in [0.25, 0.3) is 0 Å². The van der Waals surface area contributed by atoms with Gasteiger partial charge in [-0.05, 0) is 35.3 Å². The average molecular weight is 355 g/mol. The van der Waals surface area contributed by atoms with Crippen molar-refractivity contribution in [2.45, 2.75) is 33.2 Å². The van der Waals surface area contributed by atoms with Crippen LogP contribution in [0.1, 0.15) is 29.6 Å². The lowest BCUT2D eigenvalue weighted by Gasteiger charge is -2.20. The number of aryl methyl sites for hydroxylation is 1. The Hall–Kier alpha value is -1.14. The molecule has 4 nitrogen and oxygen atoms in total. The summed E-state index contributed by atoms with van der Waals surface area (Å²) >= 11 is 5.22. The van der Waals surface area contributed by atoms with Crippen LogP contribution in [-0.4, -0.2) is 17.0 Å². The average Bonchev–Trinajstić information content (AvgIpc) is 2.79. The topological polar surface area (TPSA) is 55.0 Å². The van der Waals surface area contributed by atoms with Gasteiger partial charge in [0.25, 0.3) is 0 Å². The van der Waals surface area contributed by atoms with E-state index in [4.69, 9.17) is 5.73 Å². The Morgan fingerprint density at radius 1 is 1.40 bits per heavy atom. The molecule has 2 N–H and O–H groups in total. The van der Waals surface area contributed by atoms with Gasteiger partial charge in [0, 0.05) is 33.8 Å². The highest BCUT2D eigenvalue weighted by atomic mass is 79.9. The molecule has 0 amide bonds. The summed E-state index contributed by atoms with van der Waals surface area (Å²) in [6.07, 6.45) is 1.87. The molecule has 0 unspecified atom stereocenters. The molecule has 6 heteroatoms. The number of nitrogens with zero attached hydrogens (tertiary/aromatic N) is 3. The molecule has 0 bridgehead atoms. The fraction of sp³-hybridized carbons (Fsp3) is 0.429. The van der Waals surface area contributed by atoms with E-state index in [9.17, 15) is 0 Å². The Morgan fingerprint density at radius 3 is 2.75 bits per heavy atom. The summed E-state index contributed by atoms with van der Waals surface area (Å²) in [6.45, 7) is 4.91. The minimum atomic E-state index is 0.581. The van der Waals surface area contributed by atoms with Crippen molar-refractivity contribution in [2.24, 2.45) is 0 Å². The van der Waals surface area contributed by atoms with Crippen LogP contribution in [0, 0.1) is 6.92 Å². The third kappa shape index (κ3) is 3.49. The lowest BCUT2D eigenvalue weighted by molar-refractivity contribution is 0.811. The molecule has 2 rings (SSSR count). The summed E-state index contributed by atoms with van der Waals surface area (Å²) in [5, 5.41) is 2.09. The van der Waals surface area contributed by atoms with E-state index in [-0.39, 0.29) is 0 Å². The van der Waals surface area contributed by atoms with Crippen molar-refractivity contribution < 1.29 is 0 Å². The Bertz CT molecular complexity index is 597. The first-order chi connectivity index (χ1) is 9.51. The lowest BCUT2D eigenvalue weighted by Crippen LogP contribution is -2.20. The molecule has 2 aromatic rings. The lowest BCUT2D eigenvalue weighted by atomic mass is 10.2. The summed E-state index contributed by atoms with van der Waals surface area (Å²) in [6, 6.07) is 2.13. The van der Waals surface area contributed by atoms with Crippen molar-refractivity contribution in [2.75, 3.05) is 17.7 Å². The van der Waals surface area contributed by atoms with E-state index in [1.54, 1.807) is 11.3 Å². The highest BCUT2D eigenvalue weighted by Crippen LogP contribution is 2.25. The largest absolute Gasteiger partial charge is 0.383 e. The molecule has 0 radical (unpaired) electrons. The number of hydrogen-bond acceptors (Lipinski definition) is 5. The molecule has 20 heavy (non-hydrogen) atoms. The summed E-state index contributed by atoms with van der Waals surface area (Å²) in [5.41, 5.74) is 6.95. The number of thiophene rings is 1. The van der Waals surface area contributed by atoms with E-state index in [1.165, 1.54) is 4.88 Å². The molecule has 0 aromatic carbocycles. The first-order valence-corrected chi connectivity index (χ1v) is 8.25. The zero-order valence-electron chi connectivity index (χ0n) is 12.0. The molecular formula is C14H19BrN4S. The number of nitrogens with two attached hydrogens (primary N) is 1. The number of anilines is 2. The zero-order chi connectivity index (χ0) is 14.7. The van der Waals surface area contributed by atoms with Crippen molar-refractivity contribution in [1.29, 1.82) is 0 Å². The van der Waals surface area contributed by atoms with Gasteiger partial charge in [0.15, 0.2) is 0 Å². The second-order valence-electron chi connectivity index (χ2n) is 4.81. The fourth-order valence-corrected chi connectivity index (χ4v) is 3.52. The normalized spacial score (nSPS) is 10.8. The van der Waals surface area contributed by atoms with Crippen molar-refractivity contribution in [3.05, 3.63) is 32.2 Å². The van der Waals surface area contributed by atoms with E-state index in [0.717, 1.165) is 41.1 Å². The Labute approximate surface area is 132 Å². The van der Waals surface area contributed by atoms with Gasteiger partial charge in [-0.3, -0.25) is 0 Å². The van der Waals surface area contributed by atoms with Gasteiger partial charge < -0.3 is 10.6 Å². The standard InChI is InChI=1S/C14H19BrN4S/c1-4-5-12-17-13(16)9(2)14(18-12)19(3)7-11-6-10(15)8-20-11/h6,8H,4-5,7H2,1-3H3,(H2,16,17,18). The molecule has 0 aliphatic heterocycles. The van der Waals surface area contributed by atoms with Gasteiger partial charge >= 0.3 is 0 Å².